The highest BCUT2D eigenvalue weighted by atomic mass is 16.5. The van der Waals surface area contributed by atoms with Gasteiger partial charge in [0.05, 0.1) is 24.1 Å². The summed E-state index contributed by atoms with van der Waals surface area (Å²) in [5.74, 6) is 1.76. The first-order valence-corrected chi connectivity index (χ1v) is 12.3. The smallest absolute Gasteiger partial charge is 0.282 e. The van der Waals surface area contributed by atoms with Crippen LogP contribution >= 0.6 is 0 Å². The Kier molecular flexibility index (Phi) is 5.98. The number of nitrogens with zero attached hydrogens (tertiary/aromatic N) is 4. The fraction of sp³-hybridized carbons (Fsp3) is 0.172. The predicted octanol–water partition coefficient (Wildman–Crippen LogP) is 5.86. The summed E-state index contributed by atoms with van der Waals surface area (Å²) < 4.78 is 6.86. The Bertz CT molecular complexity index is 1640. The third-order valence-electron chi connectivity index (χ3n) is 6.60. The van der Waals surface area contributed by atoms with Gasteiger partial charge in [0.1, 0.15) is 17.4 Å². The molecule has 4 aromatic heterocycles. The number of nitrogens with one attached hydrogen (secondary N) is 2. The maximum atomic E-state index is 14.1. The molecule has 1 aliphatic carbocycles. The number of allylic oxidation sites excluding steroid dienone is 2. The average Bonchev–Trinajstić information content (AvgIpc) is 3.35. The normalized spacial score (nSPS) is 13.4. The lowest BCUT2D eigenvalue weighted by Crippen LogP contribution is -2.20. The van der Waals surface area contributed by atoms with Gasteiger partial charge in [0.25, 0.3) is 5.56 Å². The van der Waals surface area contributed by atoms with Crippen molar-refractivity contribution in [3.05, 3.63) is 95.1 Å². The van der Waals surface area contributed by atoms with Crippen LogP contribution in [0.4, 0.5) is 11.6 Å². The molecule has 1 aromatic carbocycles. The van der Waals surface area contributed by atoms with E-state index in [1.807, 2.05) is 60.7 Å². The minimum Gasteiger partial charge on any atom is -0.497 e. The van der Waals surface area contributed by atoms with Crippen molar-refractivity contribution >= 4 is 22.9 Å². The second-order valence-electron chi connectivity index (χ2n) is 8.92. The molecule has 2 N–H and O–H groups in total. The number of H-pyrrole nitrogens is 1. The van der Waals surface area contributed by atoms with Crippen LogP contribution in [0.15, 0.2) is 83.9 Å². The molecule has 5 aromatic rings. The first-order chi connectivity index (χ1) is 18.2. The monoisotopic (exact) mass is 490 g/mol. The van der Waals surface area contributed by atoms with E-state index < -0.39 is 0 Å². The standard InChI is InChI=1S/C29H26N6O2/c1-37-21-15-13-20(14-16-21)25-27(32-23-12-6-8-18-31-23)33-28-24(19-9-3-2-4-10-19)26(34-35(28)29(25)36)22-11-5-7-17-30-22/h5-9,11-18,34H,2-4,10H2,1H3,(H,31,32). The van der Waals surface area contributed by atoms with Gasteiger partial charge in [0.2, 0.25) is 0 Å². The summed E-state index contributed by atoms with van der Waals surface area (Å²) >= 11 is 0. The molecule has 0 aliphatic heterocycles. The number of ether oxygens (including phenoxy) is 1. The van der Waals surface area contributed by atoms with Crippen LogP contribution < -0.4 is 15.6 Å². The molecule has 0 fully saturated rings. The minimum atomic E-state index is -0.214. The fourth-order valence-corrected chi connectivity index (χ4v) is 4.80. The molecule has 0 saturated carbocycles. The highest BCUT2D eigenvalue weighted by Crippen LogP contribution is 2.37. The summed E-state index contributed by atoms with van der Waals surface area (Å²) in [5.41, 5.74) is 5.15. The van der Waals surface area contributed by atoms with Gasteiger partial charge < -0.3 is 10.1 Å². The third kappa shape index (κ3) is 4.27. The molecule has 0 atom stereocenters. The Labute approximate surface area is 213 Å². The molecule has 8 heteroatoms. The fourth-order valence-electron chi connectivity index (χ4n) is 4.80. The first-order valence-electron chi connectivity index (χ1n) is 12.3. The number of aromatic nitrogens is 5. The lowest BCUT2D eigenvalue weighted by molar-refractivity contribution is 0.415. The molecule has 6 rings (SSSR count). The maximum absolute atomic E-state index is 14.1. The van der Waals surface area contributed by atoms with E-state index in [9.17, 15) is 4.79 Å². The van der Waals surface area contributed by atoms with Crippen LogP contribution in [0.25, 0.3) is 33.7 Å². The number of benzene rings is 1. The van der Waals surface area contributed by atoms with Gasteiger partial charge in [-0.2, -0.15) is 4.52 Å². The Hall–Kier alpha value is -4.72. The predicted molar refractivity (Wildman–Crippen MR) is 145 cm³/mol. The molecule has 0 amide bonds. The van der Waals surface area contributed by atoms with Crippen molar-refractivity contribution in [2.24, 2.45) is 0 Å². The number of methoxy groups -OCH3 is 1. The Balaban J connectivity index is 1.65. The summed E-state index contributed by atoms with van der Waals surface area (Å²) in [6, 6.07) is 18.7. The van der Waals surface area contributed by atoms with Crippen LogP contribution in [-0.4, -0.2) is 31.7 Å². The molecule has 0 spiro atoms. The van der Waals surface area contributed by atoms with Gasteiger partial charge in [-0.05, 0) is 73.2 Å². The molecule has 0 bridgehead atoms. The van der Waals surface area contributed by atoms with Gasteiger partial charge in [-0.25, -0.2) is 9.97 Å². The van der Waals surface area contributed by atoms with Crippen molar-refractivity contribution in [2.45, 2.75) is 25.7 Å². The zero-order chi connectivity index (χ0) is 25.2. The van der Waals surface area contributed by atoms with Crippen molar-refractivity contribution in [2.75, 3.05) is 12.4 Å². The topological polar surface area (TPSA) is 97.2 Å². The number of fused-ring (bicyclic) bond motifs is 1. The van der Waals surface area contributed by atoms with Crippen LogP contribution in [-0.2, 0) is 0 Å². The Morgan fingerprint density at radius 3 is 2.43 bits per heavy atom. The lowest BCUT2D eigenvalue weighted by atomic mass is 9.93. The van der Waals surface area contributed by atoms with Crippen molar-refractivity contribution in [1.29, 1.82) is 0 Å². The van der Waals surface area contributed by atoms with Crippen LogP contribution in [0.3, 0.4) is 0 Å². The van der Waals surface area contributed by atoms with Crippen LogP contribution in [0.2, 0.25) is 0 Å². The zero-order valence-corrected chi connectivity index (χ0v) is 20.4. The maximum Gasteiger partial charge on any atom is 0.282 e. The number of hydrogen-bond acceptors (Lipinski definition) is 6. The van der Waals surface area contributed by atoms with Crippen molar-refractivity contribution in [1.82, 2.24) is 24.6 Å². The molecule has 37 heavy (non-hydrogen) atoms. The van der Waals surface area contributed by atoms with Crippen LogP contribution in [0, 0.1) is 0 Å². The quantitative estimate of drug-likeness (QED) is 0.310. The molecular weight excluding hydrogens is 464 g/mol. The van der Waals surface area contributed by atoms with Gasteiger partial charge in [-0.1, -0.05) is 30.3 Å². The van der Waals surface area contributed by atoms with E-state index in [4.69, 9.17) is 9.72 Å². The zero-order valence-electron chi connectivity index (χ0n) is 20.4. The van der Waals surface area contributed by atoms with Crippen molar-refractivity contribution < 1.29 is 4.74 Å². The number of aromatic amines is 1. The highest BCUT2D eigenvalue weighted by molar-refractivity contribution is 5.89. The molecule has 8 nitrogen and oxygen atoms in total. The molecule has 4 heterocycles. The molecule has 0 radical (unpaired) electrons. The minimum absolute atomic E-state index is 0.214. The van der Waals surface area contributed by atoms with Crippen LogP contribution in [0.5, 0.6) is 5.75 Å². The largest absolute Gasteiger partial charge is 0.497 e. The van der Waals surface area contributed by atoms with E-state index in [0.29, 0.717) is 28.6 Å². The summed E-state index contributed by atoms with van der Waals surface area (Å²) in [7, 11) is 1.62. The van der Waals surface area contributed by atoms with E-state index in [0.717, 1.165) is 48.2 Å². The van der Waals surface area contributed by atoms with E-state index in [-0.39, 0.29) is 5.56 Å². The van der Waals surface area contributed by atoms with Gasteiger partial charge in [-0.15, -0.1) is 0 Å². The second-order valence-corrected chi connectivity index (χ2v) is 8.92. The number of anilines is 2. The molecule has 0 unspecified atom stereocenters. The molecule has 184 valence electrons. The highest BCUT2D eigenvalue weighted by Gasteiger charge is 2.25. The van der Waals surface area contributed by atoms with E-state index >= 15 is 0 Å². The van der Waals surface area contributed by atoms with Gasteiger partial charge >= 0.3 is 0 Å². The average molecular weight is 491 g/mol. The van der Waals surface area contributed by atoms with Crippen molar-refractivity contribution in [3.63, 3.8) is 0 Å². The van der Waals surface area contributed by atoms with Crippen LogP contribution in [0.1, 0.15) is 31.2 Å². The number of rotatable bonds is 6. The molecule has 1 aliphatic rings. The van der Waals surface area contributed by atoms with E-state index in [1.54, 1.807) is 19.5 Å². The molecular formula is C29H26N6O2. The molecule has 0 saturated heterocycles. The van der Waals surface area contributed by atoms with Gasteiger partial charge in [0.15, 0.2) is 5.65 Å². The SMILES string of the molecule is COc1ccc(-c2c(Nc3ccccn3)nc3c(C4=CCCCC4)c(-c4ccccn4)[nH]n3c2=O)cc1. The number of pyridine rings is 2. The van der Waals surface area contributed by atoms with E-state index in [2.05, 4.69) is 26.5 Å². The number of hydrogen-bond donors (Lipinski definition) is 2. The third-order valence-corrected chi connectivity index (χ3v) is 6.60. The van der Waals surface area contributed by atoms with Gasteiger partial charge in [-0.3, -0.25) is 14.9 Å². The summed E-state index contributed by atoms with van der Waals surface area (Å²) in [5, 5.41) is 6.64. The Morgan fingerprint density at radius 2 is 1.76 bits per heavy atom. The lowest BCUT2D eigenvalue weighted by Gasteiger charge is -2.14. The summed E-state index contributed by atoms with van der Waals surface area (Å²) in [4.78, 5) is 28.2. The first kappa shape index (κ1) is 22.7. The summed E-state index contributed by atoms with van der Waals surface area (Å²) in [6.45, 7) is 0. The van der Waals surface area contributed by atoms with E-state index in [1.165, 1.54) is 10.1 Å². The second kappa shape index (κ2) is 9.73. The Morgan fingerprint density at radius 1 is 0.946 bits per heavy atom. The summed E-state index contributed by atoms with van der Waals surface area (Å²) in [6.07, 6.45) is 9.90. The van der Waals surface area contributed by atoms with Gasteiger partial charge in [0, 0.05) is 18.0 Å². The van der Waals surface area contributed by atoms with Crippen molar-refractivity contribution in [3.8, 4) is 28.3 Å².